The van der Waals surface area contributed by atoms with Crippen LogP contribution < -0.4 is 10.6 Å². The number of hydrogen-bond acceptors (Lipinski definition) is 5. The number of carbonyl (C=O) groups excluding carboxylic acids is 2. The highest BCUT2D eigenvalue weighted by Crippen LogP contribution is 2.27. The normalized spacial score (nSPS) is 16.9. The third-order valence-corrected chi connectivity index (χ3v) is 8.05. The van der Waals surface area contributed by atoms with Crippen LogP contribution in [0.5, 0.6) is 0 Å². The van der Waals surface area contributed by atoms with Crippen molar-refractivity contribution in [2.24, 2.45) is 5.41 Å². The molecule has 1 saturated heterocycles. The number of likely N-dealkylation sites (N-methyl/N-ethyl adjacent to an activating group) is 1. The minimum atomic E-state index is -0.627. The van der Waals surface area contributed by atoms with Crippen LogP contribution in [0.15, 0.2) is 67.0 Å². The summed E-state index contributed by atoms with van der Waals surface area (Å²) in [5, 5.41) is 10.6. The van der Waals surface area contributed by atoms with Crippen LogP contribution in [-0.4, -0.2) is 76.2 Å². The number of carbonyl (C=O) groups is 2. The first-order valence-corrected chi connectivity index (χ1v) is 14.9. The summed E-state index contributed by atoms with van der Waals surface area (Å²) < 4.78 is 15.4. The van der Waals surface area contributed by atoms with Crippen LogP contribution in [0.25, 0.3) is 5.69 Å². The lowest BCUT2D eigenvalue weighted by molar-refractivity contribution is -0.140. The molecule has 3 unspecified atom stereocenters. The molecule has 3 atom stereocenters. The van der Waals surface area contributed by atoms with Crippen molar-refractivity contribution in [3.05, 3.63) is 83.9 Å². The van der Waals surface area contributed by atoms with Crippen LogP contribution in [0, 0.1) is 11.2 Å². The monoisotopic (exact) mass is 576 g/mol. The fourth-order valence-corrected chi connectivity index (χ4v) is 5.42. The second kappa shape index (κ2) is 14.1. The van der Waals surface area contributed by atoms with Gasteiger partial charge in [-0.1, -0.05) is 51.1 Å². The van der Waals surface area contributed by atoms with Gasteiger partial charge in [-0.25, -0.2) is 9.07 Å². The molecule has 9 heteroatoms. The van der Waals surface area contributed by atoms with Crippen molar-refractivity contribution in [1.82, 2.24) is 30.2 Å². The highest BCUT2D eigenvalue weighted by molar-refractivity contribution is 5.90. The number of amides is 2. The van der Waals surface area contributed by atoms with Gasteiger partial charge in [0.25, 0.3) is 0 Å². The molecule has 4 rings (SSSR count). The minimum Gasteiger partial charge on any atom is -0.342 e. The summed E-state index contributed by atoms with van der Waals surface area (Å²) in [6, 6.07) is 15.7. The third-order valence-electron chi connectivity index (χ3n) is 8.05. The van der Waals surface area contributed by atoms with Crippen LogP contribution in [0.3, 0.4) is 0 Å². The Labute approximate surface area is 249 Å². The molecule has 0 spiro atoms. The summed E-state index contributed by atoms with van der Waals surface area (Å²) in [6.45, 7) is 10.5. The molecule has 2 aromatic carbocycles. The number of halogens is 1. The first kappa shape index (κ1) is 31.4. The molecule has 1 fully saturated rings. The van der Waals surface area contributed by atoms with E-state index in [-0.39, 0.29) is 23.7 Å². The minimum absolute atomic E-state index is 0.0263. The summed E-state index contributed by atoms with van der Waals surface area (Å²) >= 11 is 0. The highest BCUT2D eigenvalue weighted by atomic mass is 19.1. The molecule has 2 amide bonds. The molecule has 226 valence electrons. The SMILES string of the molecule is CNC(C)C(=O)NC(C(=O)N1CCCC1CN(CCc1ccc(F)cc1)Cc1cnn(-c2ccccc2)c1)C(C)(C)C. The molecule has 2 N–H and O–H groups in total. The van der Waals surface area contributed by atoms with E-state index in [1.807, 2.05) is 85.2 Å². The Morgan fingerprint density at radius 2 is 1.81 bits per heavy atom. The second-order valence-electron chi connectivity index (χ2n) is 12.4. The van der Waals surface area contributed by atoms with Gasteiger partial charge in [-0.3, -0.25) is 14.5 Å². The van der Waals surface area contributed by atoms with E-state index in [2.05, 4.69) is 20.6 Å². The number of aromatic nitrogens is 2. The maximum Gasteiger partial charge on any atom is 0.245 e. The van der Waals surface area contributed by atoms with Gasteiger partial charge in [0, 0.05) is 44.0 Å². The molecule has 2 heterocycles. The lowest BCUT2D eigenvalue weighted by Crippen LogP contribution is -2.59. The number of hydrogen-bond donors (Lipinski definition) is 2. The summed E-state index contributed by atoms with van der Waals surface area (Å²) in [6.07, 6.45) is 6.53. The van der Waals surface area contributed by atoms with Crippen molar-refractivity contribution < 1.29 is 14.0 Å². The summed E-state index contributed by atoms with van der Waals surface area (Å²) in [7, 11) is 1.73. The summed E-state index contributed by atoms with van der Waals surface area (Å²) in [4.78, 5) is 31.1. The molecule has 1 aromatic heterocycles. The zero-order chi connectivity index (χ0) is 30.3. The van der Waals surface area contributed by atoms with Crippen LogP contribution in [0.4, 0.5) is 4.39 Å². The molecule has 1 aliphatic heterocycles. The van der Waals surface area contributed by atoms with E-state index in [9.17, 15) is 14.0 Å². The molecule has 0 bridgehead atoms. The van der Waals surface area contributed by atoms with Gasteiger partial charge in [0.2, 0.25) is 11.8 Å². The zero-order valence-electron chi connectivity index (χ0n) is 25.5. The van der Waals surface area contributed by atoms with Crippen molar-refractivity contribution in [1.29, 1.82) is 0 Å². The average molecular weight is 577 g/mol. The van der Waals surface area contributed by atoms with Gasteiger partial charge in [0.05, 0.1) is 17.9 Å². The first-order chi connectivity index (χ1) is 20.0. The van der Waals surface area contributed by atoms with E-state index in [0.717, 1.165) is 42.6 Å². The van der Waals surface area contributed by atoms with E-state index in [1.165, 1.54) is 12.1 Å². The Kier molecular flexibility index (Phi) is 10.5. The van der Waals surface area contributed by atoms with Gasteiger partial charge in [0.15, 0.2) is 0 Å². The Balaban J connectivity index is 1.51. The van der Waals surface area contributed by atoms with Crippen molar-refractivity contribution in [3.8, 4) is 5.69 Å². The molecule has 0 radical (unpaired) electrons. The smallest absolute Gasteiger partial charge is 0.245 e. The van der Waals surface area contributed by atoms with E-state index in [0.29, 0.717) is 19.6 Å². The van der Waals surface area contributed by atoms with Gasteiger partial charge >= 0.3 is 0 Å². The predicted octanol–water partition coefficient (Wildman–Crippen LogP) is 4.19. The Bertz CT molecular complexity index is 1300. The van der Waals surface area contributed by atoms with E-state index >= 15 is 0 Å². The molecular formula is C33H45FN6O2. The average Bonchev–Trinajstić information content (AvgIpc) is 3.64. The molecule has 3 aromatic rings. The van der Waals surface area contributed by atoms with Crippen molar-refractivity contribution in [3.63, 3.8) is 0 Å². The summed E-state index contributed by atoms with van der Waals surface area (Å²) in [5.41, 5.74) is 2.70. The topological polar surface area (TPSA) is 82.5 Å². The molecule has 0 aliphatic carbocycles. The second-order valence-corrected chi connectivity index (χ2v) is 12.4. The third kappa shape index (κ3) is 8.26. The van der Waals surface area contributed by atoms with Crippen molar-refractivity contribution in [2.75, 3.05) is 26.7 Å². The fourth-order valence-electron chi connectivity index (χ4n) is 5.42. The lowest BCUT2D eigenvalue weighted by atomic mass is 9.85. The Morgan fingerprint density at radius 1 is 1.10 bits per heavy atom. The van der Waals surface area contributed by atoms with E-state index in [4.69, 9.17) is 0 Å². The molecular weight excluding hydrogens is 531 g/mol. The maximum absolute atomic E-state index is 14.0. The molecule has 0 saturated carbocycles. The van der Waals surface area contributed by atoms with Gasteiger partial charge in [-0.05, 0) is 68.5 Å². The summed E-state index contributed by atoms with van der Waals surface area (Å²) in [5.74, 6) is -0.455. The van der Waals surface area contributed by atoms with Gasteiger partial charge in [-0.15, -0.1) is 0 Å². The number of benzene rings is 2. The first-order valence-electron chi connectivity index (χ1n) is 14.9. The van der Waals surface area contributed by atoms with Crippen molar-refractivity contribution in [2.45, 2.75) is 71.6 Å². The fraction of sp³-hybridized carbons (Fsp3) is 0.485. The van der Waals surface area contributed by atoms with Crippen LogP contribution >= 0.6 is 0 Å². The number of nitrogens with zero attached hydrogens (tertiary/aromatic N) is 4. The lowest BCUT2D eigenvalue weighted by Gasteiger charge is -2.37. The van der Waals surface area contributed by atoms with Crippen molar-refractivity contribution >= 4 is 11.8 Å². The zero-order valence-corrected chi connectivity index (χ0v) is 25.5. The quantitative estimate of drug-likeness (QED) is 0.338. The van der Waals surface area contributed by atoms with E-state index in [1.54, 1.807) is 14.0 Å². The number of likely N-dealkylation sites (tertiary alicyclic amines) is 1. The van der Waals surface area contributed by atoms with Crippen LogP contribution in [-0.2, 0) is 22.6 Å². The number of nitrogens with one attached hydrogen (secondary N) is 2. The highest BCUT2D eigenvalue weighted by Gasteiger charge is 2.40. The van der Waals surface area contributed by atoms with Crippen LogP contribution in [0.1, 0.15) is 51.7 Å². The van der Waals surface area contributed by atoms with Gasteiger partial charge in [0.1, 0.15) is 11.9 Å². The standard InChI is InChI=1S/C33H45FN6O2/c1-24(35-5)31(41)37-30(33(2,3)4)32(42)39-18-9-12-29(39)23-38(19-17-25-13-15-27(34)16-14-25)21-26-20-36-40(22-26)28-10-7-6-8-11-28/h6-8,10-11,13-16,20,22,24,29-30,35H,9,12,17-19,21,23H2,1-5H3,(H,37,41). The molecule has 8 nitrogen and oxygen atoms in total. The Morgan fingerprint density at radius 3 is 2.48 bits per heavy atom. The van der Waals surface area contributed by atoms with Crippen LogP contribution in [0.2, 0.25) is 0 Å². The Hall–Kier alpha value is -3.56. The largest absolute Gasteiger partial charge is 0.342 e. The maximum atomic E-state index is 14.0. The predicted molar refractivity (Wildman–Crippen MR) is 164 cm³/mol. The molecule has 1 aliphatic rings. The number of para-hydroxylation sites is 1. The number of rotatable bonds is 12. The van der Waals surface area contributed by atoms with Gasteiger partial charge < -0.3 is 15.5 Å². The van der Waals surface area contributed by atoms with Gasteiger partial charge in [-0.2, -0.15) is 5.10 Å². The van der Waals surface area contributed by atoms with E-state index < -0.39 is 17.5 Å². The molecule has 42 heavy (non-hydrogen) atoms.